The number of amides is 2. The molecular weight excluding hydrogens is 532 g/mol. The molecule has 2 N–H and O–H groups in total. The maximum absolute atomic E-state index is 13.2. The van der Waals surface area contributed by atoms with E-state index in [9.17, 15) is 9.59 Å². The van der Waals surface area contributed by atoms with Crippen molar-refractivity contribution in [2.45, 2.75) is 58.4 Å². The monoisotopic (exact) mass is 578 g/mol. The number of aromatic nitrogens is 2. The van der Waals surface area contributed by atoms with Crippen LogP contribution in [0.15, 0.2) is 24.4 Å². The Bertz CT molecular complexity index is 1260. The van der Waals surface area contributed by atoms with Crippen molar-refractivity contribution in [3.63, 3.8) is 0 Å². The number of piperidine rings is 1. The Kier molecular flexibility index (Phi) is 9.47. The van der Waals surface area contributed by atoms with Crippen molar-refractivity contribution in [1.82, 2.24) is 25.2 Å². The number of likely N-dealkylation sites (tertiary alicyclic amines) is 1. The van der Waals surface area contributed by atoms with Gasteiger partial charge in [-0.3, -0.25) is 14.6 Å². The molecule has 3 heterocycles. The number of anilines is 4. The third-order valence-corrected chi connectivity index (χ3v) is 9.16. The minimum Gasteiger partial charge on any atom is -0.495 e. The van der Waals surface area contributed by atoms with Crippen LogP contribution in [0.2, 0.25) is 0 Å². The van der Waals surface area contributed by atoms with E-state index in [4.69, 9.17) is 9.72 Å². The number of nitrogens with zero attached hydrogens (tertiary/aromatic N) is 6. The van der Waals surface area contributed by atoms with Crippen LogP contribution >= 0.6 is 0 Å². The first-order valence-corrected chi connectivity index (χ1v) is 15.4. The van der Waals surface area contributed by atoms with Gasteiger partial charge >= 0.3 is 0 Å². The molecule has 0 radical (unpaired) electrons. The van der Waals surface area contributed by atoms with Crippen molar-refractivity contribution >= 4 is 35.0 Å². The van der Waals surface area contributed by atoms with Gasteiger partial charge in [0.25, 0.3) is 11.8 Å². The minimum absolute atomic E-state index is 0.0386. The second-order valence-electron chi connectivity index (χ2n) is 11.8. The normalized spacial score (nSPS) is 20.0. The molecule has 42 heavy (non-hydrogen) atoms. The first-order valence-electron chi connectivity index (χ1n) is 15.4. The first-order chi connectivity index (χ1) is 20.3. The number of methoxy groups -OCH3 is 1. The van der Waals surface area contributed by atoms with Crippen LogP contribution < -0.4 is 25.3 Å². The number of rotatable bonds is 11. The van der Waals surface area contributed by atoms with Crippen molar-refractivity contribution in [3.05, 3.63) is 30.0 Å². The summed E-state index contributed by atoms with van der Waals surface area (Å²) in [6, 6.07) is 5.02. The van der Waals surface area contributed by atoms with Crippen molar-refractivity contribution < 1.29 is 14.3 Å². The second kappa shape index (κ2) is 13.2. The molecule has 1 saturated carbocycles. The summed E-state index contributed by atoms with van der Waals surface area (Å²) in [4.78, 5) is 39.7. The van der Waals surface area contributed by atoms with Gasteiger partial charge in [-0.25, -0.2) is 9.99 Å². The predicted octanol–water partition coefficient (Wildman–Crippen LogP) is 3.90. The molecule has 1 aromatic heterocycles. The quantitative estimate of drug-likeness (QED) is 0.411. The average Bonchev–Trinajstić information content (AvgIpc) is 2.99. The molecule has 1 atom stereocenters. The number of hydrogen-bond acceptors (Lipinski definition) is 9. The number of ether oxygens (including phenoxy) is 1. The molecule has 1 unspecified atom stereocenters. The lowest BCUT2D eigenvalue weighted by Crippen LogP contribution is -2.59. The van der Waals surface area contributed by atoms with Crippen LogP contribution in [0, 0.1) is 11.8 Å². The van der Waals surface area contributed by atoms with Crippen LogP contribution in [0.1, 0.15) is 62.7 Å². The molecule has 2 fully saturated rings. The number of nitrogens with one attached hydrogen (secondary N) is 2. The Balaban J connectivity index is 1.31. The molecule has 1 aromatic carbocycles. The SMILES string of the molecule is CCC1C(=O)N(C)c2cnc(Nc3ccc(C(=O)NCC4CCN(CC)CC4)cc3OC)nc2N1N(C)CC1CCC1. The van der Waals surface area contributed by atoms with Crippen molar-refractivity contribution in [2.24, 2.45) is 11.8 Å². The minimum atomic E-state index is -0.332. The topological polar surface area (TPSA) is 106 Å². The highest BCUT2D eigenvalue weighted by molar-refractivity contribution is 6.04. The van der Waals surface area contributed by atoms with Crippen LogP contribution in [0.4, 0.5) is 23.1 Å². The fourth-order valence-electron chi connectivity index (χ4n) is 6.21. The highest BCUT2D eigenvalue weighted by Gasteiger charge is 2.40. The summed E-state index contributed by atoms with van der Waals surface area (Å²) in [6.45, 7) is 9.06. The predicted molar refractivity (Wildman–Crippen MR) is 165 cm³/mol. The first kappa shape index (κ1) is 30.0. The van der Waals surface area contributed by atoms with E-state index in [1.807, 2.05) is 25.0 Å². The summed E-state index contributed by atoms with van der Waals surface area (Å²) in [5.41, 5.74) is 1.88. The molecule has 1 saturated heterocycles. The molecular formula is C31H46N8O3. The van der Waals surface area contributed by atoms with E-state index in [1.54, 1.807) is 37.4 Å². The molecule has 0 spiro atoms. The summed E-state index contributed by atoms with van der Waals surface area (Å²) < 4.78 is 5.65. The van der Waals surface area contributed by atoms with Gasteiger partial charge in [0.2, 0.25) is 5.95 Å². The summed E-state index contributed by atoms with van der Waals surface area (Å²) in [7, 11) is 5.41. The third-order valence-electron chi connectivity index (χ3n) is 9.16. The van der Waals surface area contributed by atoms with Gasteiger partial charge in [-0.1, -0.05) is 20.3 Å². The van der Waals surface area contributed by atoms with Gasteiger partial charge in [-0.15, -0.1) is 0 Å². The van der Waals surface area contributed by atoms with Gasteiger partial charge < -0.3 is 25.2 Å². The number of benzene rings is 1. The lowest BCUT2D eigenvalue weighted by Gasteiger charge is -2.46. The van der Waals surface area contributed by atoms with Crippen LogP contribution in [-0.2, 0) is 4.79 Å². The molecule has 5 rings (SSSR count). The Morgan fingerprint density at radius 2 is 1.90 bits per heavy atom. The van der Waals surface area contributed by atoms with E-state index in [0.29, 0.717) is 59.3 Å². The van der Waals surface area contributed by atoms with Crippen molar-refractivity contribution in [2.75, 3.05) is 69.2 Å². The average molecular weight is 579 g/mol. The zero-order chi connectivity index (χ0) is 29.8. The van der Waals surface area contributed by atoms with E-state index in [0.717, 1.165) is 39.0 Å². The fourth-order valence-corrected chi connectivity index (χ4v) is 6.21. The second-order valence-corrected chi connectivity index (χ2v) is 11.8. The highest BCUT2D eigenvalue weighted by atomic mass is 16.5. The smallest absolute Gasteiger partial charge is 0.251 e. The highest BCUT2D eigenvalue weighted by Crippen LogP contribution is 2.38. The largest absolute Gasteiger partial charge is 0.495 e. The fraction of sp³-hybridized carbons (Fsp3) is 0.613. The van der Waals surface area contributed by atoms with Crippen molar-refractivity contribution in [3.8, 4) is 5.75 Å². The van der Waals surface area contributed by atoms with E-state index in [-0.39, 0.29) is 17.9 Å². The number of fused-ring (bicyclic) bond motifs is 1. The summed E-state index contributed by atoms with van der Waals surface area (Å²) in [6.07, 6.45) is 8.29. The summed E-state index contributed by atoms with van der Waals surface area (Å²) >= 11 is 0. The zero-order valence-corrected chi connectivity index (χ0v) is 25.7. The number of hydrazine groups is 1. The molecule has 228 valence electrons. The summed E-state index contributed by atoms with van der Waals surface area (Å²) in [5.74, 6) is 2.69. The van der Waals surface area contributed by atoms with Gasteiger partial charge in [-0.2, -0.15) is 4.98 Å². The van der Waals surface area contributed by atoms with Gasteiger partial charge in [0.15, 0.2) is 5.82 Å². The van der Waals surface area contributed by atoms with Crippen LogP contribution in [0.3, 0.4) is 0 Å². The molecule has 11 heteroatoms. The Morgan fingerprint density at radius 1 is 1.14 bits per heavy atom. The van der Waals surface area contributed by atoms with E-state index >= 15 is 0 Å². The van der Waals surface area contributed by atoms with E-state index in [2.05, 4.69) is 32.5 Å². The number of likely N-dealkylation sites (N-methyl/N-ethyl adjacent to an activating group) is 1. The Hall–Kier alpha value is -3.44. The number of hydrogen-bond donors (Lipinski definition) is 2. The molecule has 11 nitrogen and oxygen atoms in total. The number of carbonyl (C=O) groups is 2. The lowest BCUT2D eigenvalue weighted by atomic mass is 9.85. The number of carbonyl (C=O) groups excluding carboxylic acids is 2. The van der Waals surface area contributed by atoms with Crippen LogP contribution in [0.5, 0.6) is 5.75 Å². The summed E-state index contributed by atoms with van der Waals surface area (Å²) in [5, 5.41) is 10.6. The van der Waals surface area contributed by atoms with Gasteiger partial charge in [0.1, 0.15) is 17.5 Å². The molecule has 1 aliphatic carbocycles. The molecule has 0 bridgehead atoms. The lowest BCUT2D eigenvalue weighted by molar-refractivity contribution is -0.121. The molecule has 2 amide bonds. The third kappa shape index (κ3) is 6.32. The van der Waals surface area contributed by atoms with E-state index < -0.39 is 0 Å². The molecule has 2 aromatic rings. The standard InChI is InChI=1S/C31H46N8O3/c1-6-25-30(41)37(4)26-19-33-31(35-28(26)39(25)36(3)20-22-9-8-10-22)34-24-12-11-23(17-27(24)42-5)29(40)32-18-21-13-15-38(7-2)16-14-21/h11-12,17,19,21-22,25H,6-10,13-16,18,20H2,1-5H3,(H,32,40)(H,33,34,35). The zero-order valence-electron chi connectivity index (χ0n) is 25.7. The van der Waals surface area contributed by atoms with Crippen LogP contribution in [-0.4, -0.2) is 91.7 Å². The Morgan fingerprint density at radius 3 is 2.55 bits per heavy atom. The maximum Gasteiger partial charge on any atom is 0.251 e. The molecule has 2 aliphatic heterocycles. The molecule has 3 aliphatic rings. The van der Waals surface area contributed by atoms with Crippen LogP contribution in [0.25, 0.3) is 0 Å². The van der Waals surface area contributed by atoms with Crippen molar-refractivity contribution in [1.29, 1.82) is 0 Å². The van der Waals surface area contributed by atoms with Gasteiger partial charge in [0, 0.05) is 32.7 Å². The Labute approximate surface area is 249 Å². The maximum atomic E-state index is 13.2. The van der Waals surface area contributed by atoms with Gasteiger partial charge in [-0.05, 0) is 81.8 Å². The van der Waals surface area contributed by atoms with Gasteiger partial charge in [0.05, 0.1) is 19.0 Å². The van der Waals surface area contributed by atoms with E-state index in [1.165, 1.54) is 19.3 Å².